The number of carbonyl (C=O) groups is 1. The molecule has 17 heavy (non-hydrogen) atoms. The molecule has 0 atom stereocenters. The molecule has 0 amide bonds. The predicted molar refractivity (Wildman–Crippen MR) is 61.4 cm³/mol. The summed E-state index contributed by atoms with van der Waals surface area (Å²) in [5, 5.41) is 8.82. The molecular formula is C12H13FN2O2. The van der Waals surface area contributed by atoms with E-state index < -0.39 is 11.8 Å². The third-order valence-corrected chi connectivity index (χ3v) is 2.57. The average Bonchev–Trinajstić information content (AvgIpc) is 2.56. The zero-order valence-electron chi connectivity index (χ0n) is 9.64. The lowest BCUT2D eigenvalue weighted by Gasteiger charge is -2.11. The van der Waals surface area contributed by atoms with Crippen LogP contribution >= 0.6 is 0 Å². The molecular weight excluding hydrogens is 223 g/mol. The Hall–Kier alpha value is -1.91. The van der Waals surface area contributed by atoms with Crippen molar-refractivity contribution in [1.29, 1.82) is 0 Å². The van der Waals surface area contributed by atoms with E-state index in [2.05, 4.69) is 4.98 Å². The average molecular weight is 236 g/mol. The normalized spacial score (nSPS) is 11.3. The van der Waals surface area contributed by atoms with E-state index in [1.54, 1.807) is 16.7 Å². The molecule has 0 aliphatic rings. The van der Waals surface area contributed by atoms with Gasteiger partial charge in [0.15, 0.2) is 5.82 Å². The van der Waals surface area contributed by atoms with Crippen LogP contribution in [-0.4, -0.2) is 20.6 Å². The van der Waals surface area contributed by atoms with Gasteiger partial charge in [0.2, 0.25) is 0 Å². The summed E-state index contributed by atoms with van der Waals surface area (Å²) >= 11 is 0. The molecule has 1 aromatic heterocycles. The van der Waals surface area contributed by atoms with Crippen molar-refractivity contribution in [3.8, 4) is 0 Å². The van der Waals surface area contributed by atoms with Crippen molar-refractivity contribution < 1.29 is 14.3 Å². The lowest BCUT2D eigenvalue weighted by molar-refractivity contribution is -0.136. The summed E-state index contributed by atoms with van der Waals surface area (Å²) in [4.78, 5) is 14.8. The minimum Gasteiger partial charge on any atom is -0.481 e. The maximum absolute atomic E-state index is 13.6. The van der Waals surface area contributed by atoms with Crippen molar-refractivity contribution in [3.63, 3.8) is 0 Å². The van der Waals surface area contributed by atoms with Crippen molar-refractivity contribution >= 4 is 17.0 Å². The summed E-state index contributed by atoms with van der Waals surface area (Å²) < 4.78 is 15.3. The van der Waals surface area contributed by atoms with Gasteiger partial charge in [-0.15, -0.1) is 0 Å². The number of imidazole rings is 1. The van der Waals surface area contributed by atoms with Crippen molar-refractivity contribution in [2.75, 3.05) is 0 Å². The van der Waals surface area contributed by atoms with E-state index in [1.165, 1.54) is 6.07 Å². The smallest absolute Gasteiger partial charge is 0.311 e. The van der Waals surface area contributed by atoms with Gasteiger partial charge in [0.25, 0.3) is 0 Å². The van der Waals surface area contributed by atoms with Crippen LogP contribution in [-0.2, 0) is 11.2 Å². The molecule has 0 bridgehead atoms. The minimum absolute atomic E-state index is 0.0381. The molecule has 0 fully saturated rings. The van der Waals surface area contributed by atoms with Gasteiger partial charge < -0.3 is 9.67 Å². The zero-order chi connectivity index (χ0) is 12.6. The molecule has 0 radical (unpaired) electrons. The van der Waals surface area contributed by atoms with E-state index in [0.717, 1.165) is 0 Å². The van der Waals surface area contributed by atoms with Gasteiger partial charge >= 0.3 is 5.97 Å². The van der Waals surface area contributed by atoms with Gasteiger partial charge in [0.05, 0.1) is 5.52 Å². The van der Waals surface area contributed by atoms with E-state index in [0.29, 0.717) is 11.3 Å². The van der Waals surface area contributed by atoms with Gasteiger partial charge in [-0.2, -0.15) is 0 Å². The number of fused-ring (bicyclic) bond motifs is 1. The fourth-order valence-electron chi connectivity index (χ4n) is 1.97. The number of hydrogen-bond acceptors (Lipinski definition) is 2. The van der Waals surface area contributed by atoms with Gasteiger partial charge in [-0.3, -0.25) is 4.79 Å². The maximum atomic E-state index is 13.6. The van der Waals surface area contributed by atoms with E-state index in [9.17, 15) is 9.18 Å². The molecule has 1 heterocycles. The second-order valence-corrected chi connectivity index (χ2v) is 4.17. The molecule has 0 unspecified atom stereocenters. The third kappa shape index (κ3) is 2.00. The zero-order valence-corrected chi connectivity index (χ0v) is 9.64. The minimum atomic E-state index is -0.970. The summed E-state index contributed by atoms with van der Waals surface area (Å²) in [5.74, 6) is -1.01. The van der Waals surface area contributed by atoms with Crippen molar-refractivity contribution in [3.05, 3.63) is 29.8 Å². The number of benzene rings is 1. The maximum Gasteiger partial charge on any atom is 0.311 e. The Labute approximate surface area is 97.7 Å². The van der Waals surface area contributed by atoms with Crippen LogP contribution in [0.5, 0.6) is 0 Å². The molecule has 0 saturated carbocycles. The predicted octanol–water partition coefficient (Wildman–Crippen LogP) is 2.38. The molecule has 90 valence electrons. The van der Waals surface area contributed by atoms with Crippen LogP contribution in [0.1, 0.15) is 25.7 Å². The topological polar surface area (TPSA) is 55.1 Å². The summed E-state index contributed by atoms with van der Waals surface area (Å²) in [7, 11) is 0. The summed E-state index contributed by atoms with van der Waals surface area (Å²) in [6.07, 6.45) is -0.202. The molecule has 1 N–H and O–H groups in total. The van der Waals surface area contributed by atoms with E-state index in [-0.39, 0.29) is 18.0 Å². The van der Waals surface area contributed by atoms with Gasteiger partial charge in [-0.25, -0.2) is 9.37 Å². The van der Waals surface area contributed by atoms with Gasteiger partial charge in [0.1, 0.15) is 17.8 Å². The molecule has 2 rings (SSSR count). The van der Waals surface area contributed by atoms with Crippen LogP contribution in [0, 0.1) is 5.82 Å². The highest BCUT2D eigenvalue weighted by atomic mass is 19.1. The SMILES string of the molecule is CC(C)n1c(CC(=O)O)nc2c(F)cccc21. The summed E-state index contributed by atoms with van der Waals surface area (Å²) in [6, 6.07) is 4.71. The molecule has 1 aromatic carbocycles. The van der Waals surface area contributed by atoms with Crippen LogP contribution in [0.3, 0.4) is 0 Å². The first-order valence-corrected chi connectivity index (χ1v) is 5.38. The van der Waals surface area contributed by atoms with E-state index in [4.69, 9.17) is 5.11 Å². The quantitative estimate of drug-likeness (QED) is 0.890. The molecule has 2 aromatic rings. The highest BCUT2D eigenvalue weighted by Crippen LogP contribution is 2.23. The number of aliphatic carboxylic acids is 1. The van der Waals surface area contributed by atoms with Crippen LogP contribution in [0.15, 0.2) is 18.2 Å². The second kappa shape index (κ2) is 4.16. The van der Waals surface area contributed by atoms with Crippen LogP contribution in [0.4, 0.5) is 4.39 Å². The molecule has 0 saturated heterocycles. The number of hydrogen-bond donors (Lipinski definition) is 1. The molecule has 0 aliphatic heterocycles. The summed E-state index contributed by atoms with van der Waals surface area (Å²) in [6.45, 7) is 3.83. The first-order chi connectivity index (χ1) is 8.00. The number of carboxylic acids is 1. The number of nitrogens with zero attached hydrogens (tertiary/aromatic N) is 2. The van der Waals surface area contributed by atoms with Crippen LogP contribution in [0.2, 0.25) is 0 Å². The molecule has 4 nitrogen and oxygen atoms in total. The lowest BCUT2D eigenvalue weighted by Crippen LogP contribution is -2.11. The van der Waals surface area contributed by atoms with Crippen LogP contribution < -0.4 is 0 Å². The Bertz CT molecular complexity index is 575. The second-order valence-electron chi connectivity index (χ2n) is 4.17. The van der Waals surface area contributed by atoms with Gasteiger partial charge in [0, 0.05) is 6.04 Å². The molecule has 5 heteroatoms. The monoisotopic (exact) mass is 236 g/mol. The lowest BCUT2D eigenvalue weighted by atomic mass is 10.3. The number of aromatic nitrogens is 2. The highest BCUT2D eigenvalue weighted by molar-refractivity contribution is 5.78. The number of carboxylic acid groups (broad SMARTS) is 1. The van der Waals surface area contributed by atoms with Crippen LogP contribution in [0.25, 0.3) is 11.0 Å². The largest absolute Gasteiger partial charge is 0.481 e. The Morgan fingerprint density at radius 3 is 2.82 bits per heavy atom. The fraction of sp³-hybridized carbons (Fsp3) is 0.333. The Morgan fingerprint density at radius 2 is 2.24 bits per heavy atom. The molecule has 0 spiro atoms. The Morgan fingerprint density at radius 1 is 1.53 bits per heavy atom. The highest BCUT2D eigenvalue weighted by Gasteiger charge is 2.17. The number of para-hydroxylation sites is 1. The number of rotatable bonds is 3. The van der Waals surface area contributed by atoms with Crippen molar-refractivity contribution in [1.82, 2.24) is 9.55 Å². The summed E-state index contributed by atoms with van der Waals surface area (Å²) in [5.41, 5.74) is 0.869. The van der Waals surface area contributed by atoms with E-state index >= 15 is 0 Å². The fourth-order valence-corrected chi connectivity index (χ4v) is 1.97. The van der Waals surface area contributed by atoms with Crippen molar-refractivity contribution in [2.24, 2.45) is 0 Å². The Balaban J connectivity index is 2.70. The van der Waals surface area contributed by atoms with E-state index in [1.807, 2.05) is 13.8 Å². The first-order valence-electron chi connectivity index (χ1n) is 5.38. The van der Waals surface area contributed by atoms with Gasteiger partial charge in [-0.05, 0) is 26.0 Å². The standard InChI is InChI=1S/C12H13FN2O2/c1-7(2)15-9-5-3-4-8(13)12(9)14-10(15)6-11(16)17/h3-5,7H,6H2,1-2H3,(H,16,17). The molecule has 0 aliphatic carbocycles. The number of halogens is 1. The first kappa shape index (κ1) is 11.6. The van der Waals surface area contributed by atoms with Crippen molar-refractivity contribution in [2.45, 2.75) is 26.3 Å². The Kier molecular flexibility index (Phi) is 2.83. The van der Waals surface area contributed by atoms with Gasteiger partial charge in [-0.1, -0.05) is 6.07 Å². The third-order valence-electron chi connectivity index (χ3n) is 2.57.